The number of nitrogens with one attached hydrogen (secondary N) is 1. The van der Waals surface area contributed by atoms with E-state index in [1.807, 2.05) is 25.1 Å². The highest BCUT2D eigenvalue weighted by Gasteiger charge is 2.08. The molecule has 0 unspecified atom stereocenters. The number of nitrogens with two attached hydrogens (primary N) is 1. The SMILES string of the molecule is CCOc1cc(CCN)ccc1OCC(=O)NCC#N. The Balaban J connectivity index is 2.68. The quantitative estimate of drug-likeness (QED) is 0.678. The number of benzene rings is 1. The second-order valence-electron chi connectivity index (χ2n) is 3.98. The van der Waals surface area contributed by atoms with Crippen molar-refractivity contribution >= 4 is 5.91 Å². The Kier molecular flexibility index (Phi) is 6.93. The highest BCUT2D eigenvalue weighted by atomic mass is 16.5. The number of ether oxygens (including phenoxy) is 2. The fraction of sp³-hybridized carbons (Fsp3) is 0.429. The summed E-state index contributed by atoms with van der Waals surface area (Å²) in [7, 11) is 0. The normalized spacial score (nSPS) is 9.65. The average Bonchev–Trinajstić information content (AvgIpc) is 2.45. The lowest BCUT2D eigenvalue weighted by molar-refractivity contribution is -0.122. The van der Waals surface area contributed by atoms with Crippen LogP contribution in [0.4, 0.5) is 0 Å². The number of hydrogen-bond donors (Lipinski definition) is 2. The lowest BCUT2D eigenvalue weighted by Crippen LogP contribution is -2.29. The van der Waals surface area contributed by atoms with Gasteiger partial charge in [0.05, 0.1) is 12.7 Å². The zero-order chi connectivity index (χ0) is 14.8. The maximum absolute atomic E-state index is 11.4. The summed E-state index contributed by atoms with van der Waals surface area (Å²) in [6.45, 7) is 2.75. The Hall–Kier alpha value is -2.26. The molecule has 1 rings (SSSR count). The molecule has 0 saturated carbocycles. The highest BCUT2D eigenvalue weighted by Crippen LogP contribution is 2.28. The van der Waals surface area contributed by atoms with Crippen LogP contribution >= 0.6 is 0 Å². The molecule has 1 aromatic rings. The summed E-state index contributed by atoms with van der Waals surface area (Å²) in [5.41, 5.74) is 6.57. The van der Waals surface area contributed by atoms with E-state index in [1.165, 1.54) is 0 Å². The van der Waals surface area contributed by atoms with Crippen molar-refractivity contribution in [1.29, 1.82) is 5.26 Å². The Bertz CT molecular complexity index is 483. The largest absolute Gasteiger partial charge is 0.490 e. The fourth-order valence-electron chi connectivity index (χ4n) is 1.59. The van der Waals surface area contributed by atoms with Crippen LogP contribution in [0.3, 0.4) is 0 Å². The van der Waals surface area contributed by atoms with Crippen molar-refractivity contribution < 1.29 is 14.3 Å². The number of carbonyl (C=O) groups excluding carboxylic acids is 1. The first-order valence-electron chi connectivity index (χ1n) is 6.43. The first kappa shape index (κ1) is 15.8. The minimum Gasteiger partial charge on any atom is -0.490 e. The molecule has 0 saturated heterocycles. The lowest BCUT2D eigenvalue weighted by Gasteiger charge is -2.13. The van der Waals surface area contributed by atoms with Crippen LogP contribution in [0.1, 0.15) is 12.5 Å². The summed E-state index contributed by atoms with van der Waals surface area (Å²) in [5.74, 6) is 0.742. The highest BCUT2D eigenvalue weighted by molar-refractivity contribution is 5.77. The second kappa shape index (κ2) is 8.77. The molecule has 0 aliphatic rings. The van der Waals surface area contributed by atoms with Crippen molar-refractivity contribution in [1.82, 2.24) is 5.32 Å². The van der Waals surface area contributed by atoms with Crippen molar-refractivity contribution in [3.63, 3.8) is 0 Å². The van der Waals surface area contributed by atoms with Gasteiger partial charge in [0.25, 0.3) is 5.91 Å². The molecular weight excluding hydrogens is 258 g/mol. The first-order chi connectivity index (χ1) is 9.71. The van der Waals surface area contributed by atoms with Gasteiger partial charge in [-0.25, -0.2) is 0 Å². The van der Waals surface area contributed by atoms with Crippen LogP contribution in [0.5, 0.6) is 11.5 Å². The van der Waals surface area contributed by atoms with Gasteiger partial charge in [-0.1, -0.05) is 6.07 Å². The van der Waals surface area contributed by atoms with E-state index < -0.39 is 0 Å². The number of rotatable bonds is 8. The predicted molar refractivity (Wildman–Crippen MR) is 74.5 cm³/mol. The van der Waals surface area contributed by atoms with Crippen molar-refractivity contribution in [2.75, 3.05) is 26.3 Å². The third-order valence-corrected chi connectivity index (χ3v) is 2.46. The number of nitriles is 1. The van der Waals surface area contributed by atoms with E-state index in [0.717, 1.165) is 12.0 Å². The van der Waals surface area contributed by atoms with Gasteiger partial charge in [0.2, 0.25) is 0 Å². The molecule has 3 N–H and O–H groups in total. The Morgan fingerprint density at radius 1 is 1.40 bits per heavy atom. The Labute approximate surface area is 118 Å². The fourth-order valence-corrected chi connectivity index (χ4v) is 1.59. The van der Waals surface area contributed by atoms with E-state index in [-0.39, 0.29) is 19.1 Å². The number of carbonyl (C=O) groups is 1. The number of amides is 1. The number of nitrogens with zero attached hydrogens (tertiary/aromatic N) is 1. The van der Waals surface area contributed by atoms with E-state index in [4.69, 9.17) is 20.5 Å². The summed E-state index contributed by atoms with van der Waals surface area (Å²) in [6, 6.07) is 7.33. The van der Waals surface area contributed by atoms with Crippen molar-refractivity contribution in [3.8, 4) is 17.6 Å². The molecule has 0 bridgehead atoms. The van der Waals surface area contributed by atoms with E-state index >= 15 is 0 Å². The molecule has 20 heavy (non-hydrogen) atoms. The topological polar surface area (TPSA) is 97.4 Å². The summed E-state index contributed by atoms with van der Waals surface area (Å²) in [5, 5.41) is 10.8. The average molecular weight is 277 g/mol. The Morgan fingerprint density at radius 3 is 2.85 bits per heavy atom. The van der Waals surface area contributed by atoms with E-state index in [9.17, 15) is 4.79 Å². The molecule has 0 spiro atoms. The molecule has 0 fully saturated rings. The zero-order valence-electron chi connectivity index (χ0n) is 11.5. The van der Waals surface area contributed by atoms with Crippen LogP contribution in [0.15, 0.2) is 18.2 Å². The predicted octanol–water partition coefficient (Wildman–Crippen LogP) is 0.605. The monoisotopic (exact) mass is 277 g/mol. The summed E-state index contributed by atoms with van der Waals surface area (Å²) in [4.78, 5) is 11.4. The molecule has 0 aliphatic heterocycles. The van der Waals surface area contributed by atoms with Gasteiger partial charge in [0.15, 0.2) is 18.1 Å². The van der Waals surface area contributed by atoms with Gasteiger partial charge in [0.1, 0.15) is 6.54 Å². The molecular formula is C14H19N3O3. The minimum atomic E-state index is -0.347. The van der Waals surface area contributed by atoms with Crippen molar-refractivity contribution in [2.45, 2.75) is 13.3 Å². The summed E-state index contributed by atoms with van der Waals surface area (Å²) < 4.78 is 10.9. The van der Waals surface area contributed by atoms with Gasteiger partial charge < -0.3 is 20.5 Å². The summed E-state index contributed by atoms with van der Waals surface area (Å²) >= 11 is 0. The van der Waals surface area contributed by atoms with Crippen LogP contribution in [-0.2, 0) is 11.2 Å². The van der Waals surface area contributed by atoms with Gasteiger partial charge in [-0.15, -0.1) is 0 Å². The molecule has 1 aromatic carbocycles. The van der Waals surface area contributed by atoms with Crippen LogP contribution in [0.25, 0.3) is 0 Å². The van der Waals surface area contributed by atoms with Crippen molar-refractivity contribution in [2.24, 2.45) is 5.73 Å². The maximum atomic E-state index is 11.4. The minimum absolute atomic E-state index is 0.0318. The van der Waals surface area contributed by atoms with Gasteiger partial charge in [-0.3, -0.25) is 4.79 Å². The summed E-state index contributed by atoms with van der Waals surface area (Å²) in [6.07, 6.45) is 0.753. The third kappa shape index (κ3) is 5.16. The molecule has 0 aromatic heterocycles. The van der Waals surface area contributed by atoms with E-state index in [1.54, 1.807) is 6.07 Å². The zero-order valence-corrected chi connectivity index (χ0v) is 11.5. The molecule has 6 heteroatoms. The van der Waals surface area contributed by atoms with E-state index in [0.29, 0.717) is 24.7 Å². The molecule has 6 nitrogen and oxygen atoms in total. The van der Waals surface area contributed by atoms with E-state index in [2.05, 4.69) is 5.32 Å². The standard InChI is InChI=1S/C14H19N3O3/c1-2-19-13-9-11(5-6-15)3-4-12(13)20-10-14(18)17-8-7-16/h3-4,9H,2,5-6,8,10,15H2,1H3,(H,17,18). The van der Waals surface area contributed by atoms with Crippen molar-refractivity contribution in [3.05, 3.63) is 23.8 Å². The van der Waals surface area contributed by atoms with Crippen LogP contribution in [0, 0.1) is 11.3 Å². The van der Waals surface area contributed by atoms with Gasteiger partial charge in [-0.2, -0.15) is 5.26 Å². The molecule has 108 valence electrons. The first-order valence-corrected chi connectivity index (χ1v) is 6.43. The van der Waals surface area contributed by atoms with Crippen LogP contribution in [-0.4, -0.2) is 32.2 Å². The molecule has 0 radical (unpaired) electrons. The maximum Gasteiger partial charge on any atom is 0.258 e. The van der Waals surface area contributed by atoms with Gasteiger partial charge >= 0.3 is 0 Å². The molecule has 0 atom stereocenters. The van der Waals surface area contributed by atoms with Crippen LogP contribution < -0.4 is 20.5 Å². The number of hydrogen-bond acceptors (Lipinski definition) is 5. The third-order valence-electron chi connectivity index (χ3n) is 2.46. The molecule has 1 amide bonds. The van der Waals surface area contributed by atoms with Crippen LogP contribution in [0.2, 0.25) is 0 Å². The molecule has 0 aliphatic carbocycles. The molecule has 0 heterocycles. The van der Waals surface area contributed by atoms with Gasteiger partial charge in [-0.05, 0) is 37.6 Å². The van der Waals surface area contributed by atoms with Gasteiger partial charge in [0, 0.05) is 0 Å². The Morgan fingerprint density at radius 2 is 2.20 bits per heavy atom. The second-order valence-corrected chi connectivity index (χ2v) is 3.98. The smallest absolute Gasteiger partial charge is 0.258 e. The lowest BCUT2D eigenvalue weighted by atomic mass is 10.1.